The predicted molar refractivity (Wildman–Crippen MR) is 110 cm³/mol. The minimum atomic E-state index is -0.764. The van der Waals surface area contributed by atoms with Gasteiger partial charge in [-0.2, -0.15) is 0 Å². The van der Waals surface area contributed by atoms with Gasteiger partial charge in [0.25, 0.3) is 0 Å². The van der Waals surface area contributed by atoms with E-state index >= 15 is 0 Å². The second kappa shape index (κ2) is 8.82. The van der Waals surface area contributed by atoms with Crippen molar-refractivity contribution < 1.29 is 18.7 Å². The molecule has 1 N–H and O–H groups in total. The fraction of sp³-hybridized carbons (Fsp3) is 0.478. The fourth-order valence-electron chi connectivity index (χ4n) is 4.28. The number of benzene rings is 1. The summed E-state index contributed by atoms with van der Waals surface area (Å²) in [7, 11) is 0. The van der Waals surface area contributed by atoms with Crippen LogP contribution in [-0.2, 0) is 11.2 Å². The molecule has 0 amide bonds. The number of hydrogen-bond donors (Lipinski definition) is 1. The van der Waals surface area contributed by atoms with Crippen LogP contribution in [0.3, 0.4) is 0 Å². The summed E-state index contributed by atoms with van der Waals surface area (Å²) in [5.41, 5.74) is 1.39. The molecule has 154 valence electrons. The van der Waals surface area contributed by atoms with E-state index in [2.05, 4.69) is 4.98 Å². The Bertz CT molecular complexity index is 875. The molecule has 0 spiro atoms. The van der Waals surface area contributed by atoms with Crippen molar-refractivity contribution in [1.29, 1.82) is 0 Å². The Kier molecular flexibility index (Phi) is 6.18. The molecule has 2 aromatic rings. The highest BCUT2D eigenvalue weighted by atomic mass is 32.2. The molecule has 2 saturated carbocycles. The molecule has 2 fully saturated rings. The molecule has 4 rings (SSSR count). The summed E-state index contributed by atoms with van der Waals surface area (Å²) in [5, 5.41) is 10.3. The van der Waals surface area contributed by atoms with Crippen molar-refractivity contribution in [3.05, 3.63) is 47.7 Å². The number of carboxylic acids is 1. The highest BCUT2D eigenvalue weighted by molar-refractivity contribution is 8.00. The monoisotopic (exact) mass is 417 g/mol. The molecule has 1 heterocycles. The van der Waals surface area contributed by atoms with Gasteiger partial charge in [-0.25, -0.2) is 13.8 Å². The summed E-state index contributed by atoms with van der Waals surface area (Å²) in [6, 6.07) is 6.49. The van der Waals surface area contributed by atoms with Crippen molar-refractivity contribution in [2.24, 2.45) is 11.8 Å². The van der Waals surface area contributed by atoms with Gasteiger partial charge in [0, 0.05) is 22.6 Å². The first-order valence-electron chi connectivity index (χ1n) is 10.4. The lowest BCUT2D eigenvalue weighted by Crippen LogP contribution is -2.01. The number of carboxylic acid groups (broad SMARTS) is 1. The third-order valence-electron chi connectivity index (χ3n) is 6.05. The molecule has 3 nitrogen and oxygen atoms in total. The molecule has 29 heavy (non-hydrogen) atoms. The van der Waals surface area contributed by atoms with Crippen LogP contribution in [0.1, 0.15) is 50.5 Å². The van der Waals surface area contributed by atoms with E-state index in [0.29, 0.717) is 30.1 Å². The number of nitrogens with zero attached hydrogens (tertiary/aromatic N) is 1. The summed E-state index contributed by atoms with van der Waals surface area (Å²) in [6.45, 7) is 0. The van der Waals surface area contributed by atoms with Crippen molar-refractivity contribution in [3.63, 3.8) is 0 Å². The summed E-state index contributed by atoms with van der Waals surface area (Å²) < 4.78 is 29.4. The number of carbonyl (C=O) groups is 1. The van der Waals surface area contributed by atoms with Crippen LogP contribution in [0.15, 0.2) is 35.5 Å². The molecule has 0 aliphatic heterocycles. The molecular formula is C23H25F2NO2S. The maximum Gasteiger partial charge on any atom is 0.306 e. The average molecular weight is 418 g/mol. The van der Waals surface area contributed by atoms with E-state index < -0.39 is 17.6 Å². The standard InChI is InChI=1S/C23H25F2NO2S/c24-20-12-15(17-9-4-10-26-22(17)29-16-6-1-2-7-16)13-21(25)18(20)8-3-5-14-11-19(14)23(27)28/h4,9-10,12-14,16,19H,1-3,5-8,11H2,(H,27,28). The minimum Gasteiger partial charge on any atom is -0.481 e. The molecule has 0 saturated heterocycles. The van der Waals surface area contributed by atoms with E-state index in [1.165, 1.54) is 25.0 Å². The van der Waals surface area contributed by atoms with Gasteiger partial charge in [0.2, 0.25) is 0 Å². The van der Waals surface area contributed by atoms with Crippen LogP contribution in [0.2, 0.25) is 0 Å². The van der Waals surface area contributed by atoms with E-state index in [1.54, 1.807) is 24.0 Å². The van der Waals surface area contributed by atoms with Crippen molar-refractivity contribution in [2.45, 2.75) is 61.6 Å². The third kappa shape index (κ3) is 4.80. The van der Waals surface area contributed by atoms with Gasteiger partial charge in [-0.15, -0.1) is 11.8 Å². The van der Waals surface area contributed by atoms with Crippen LogP contribution in [-0.4, -0.2) is 21.3 Å². The second-order valence-corrected chi connectivity index (χ2v) is 9.42. The Morgan fingerprint density at radius 2 is 1.93 bits per heavy atom. The molecule has 1 aromatic heterocycles. The second-order valence-electron chi connectivity index (χ2n) is 8.13. The number of aromatic nitrogens is 1. The SMILES string of the molecule is O=C(O)C1CC1CCCc1c(F)cc(-c2cccnc2SC2CCCC2)cc1F. The first-order chi connectivity index (χ1) is 14.0. The van der Waals surface area contributed by atoms with Gasteiger partial charge in [-0.1, -0.05) is 18.9 Å². The Balaban J connectivity index is 1.46. The molecule has 0 radical (unpaired) electrons. The fourth-order valence-corrected chi connectivity index (χ4v) is 5.60. The maximum atomic E-state index is 14.7. The van der Waals surface area contributed by atoms with Crippen LogP contribution in [0.4, 0.5) is 8.78 Å². The minimum absolute atomic E-state index is 0.0927. The number of aliphatic carboxylic acids is 1. The van der Waals surface area contributed by atoms with Crippen molar-refractivity contribution in [3.8, 4) is 11.1 Å². The van der Waals surface area contributed by atoms with Gasteiger partial charge in [-0.05, 0) is 68.2 Å². The smallest absolute Gasteiger partial charge is 0.306 e. The Hall–Kier alpha value is -1.95. The quantitative estimate of drug-likeness (QED) is 0.563. The summed E-state index contributed by atoms with van der Waals surface area (Å²) in [5.74, 6) is -1.95. The van der Waals surface area contributed by atoms with Gasteiger partial charge in [0.05, 0.1) is 5.92 Å². The Morgan fingerprint density at radius 3 is 2.59 bits per heavy atom. The van der Waals surface area contributed by atoms with Gasteiger partial charge in [-0.3, -0.25) is 4.79 Å². The molecule has 0 bridgehead atoms. The molecule has 2 unspecified atom stereocenters. The van der Waals surface area contributed by atoms with Gasteiger partial charge >= 0.3 is 5.97 Å². The Morgan fingerprint density at radius 1 is 1.21 bits per heavy atom. The number of rotatable bonds is 8. The van der Waals surface area contributed by atoms with Gasteiger partial charge in [0.15, 0.2) is 0 Å². The first-order valence-corrected chi connectivity index (χ1v) is 11.2. The summed E-state index contributed by atoms with van der Waals surface area (Å²) in [6.07, 6.45) is 8.76. The first kappa shape index (κ1) is 20.3. The maximum absolute atomic E-state index is 14.7. The van der Waals surface area contributed by atoms with Crippen molar-refractivity contribution >= 4 is 17.7 Å². The molecule has 2 atom stereocenters. The van der Waals surface area contributed by atoms with E-state index in [4.69, 9.17) is 5.11 Å². The lowest BCUT2D eigenvalue weighted by molar-refractivity contribution is -0.138. The predicted octanol–water partition coefficient (Wildman–Crippen LogP) is 6.10. The lowest BCUT2D eigenvalue weighted by atomic mass is 10.00. The summed E-state index contributed by atoms with van der Waals surface area (Å²) >= 11 is 1.71. The molecular weight excluding hydrogens is 392 g/mol. The average Bonchev–Trinajstić information content (AvgIpc) is 3.30. The van der Waals surface area contributed by atoms with Gasteiger partial charge < -0.3 is 5.11 Å². The Labute approximate surface area is 173 Å². The van der Waals surface area contributed by atoms with E-state index in [-0.39, 0.29) is 23.8 Å². The molecule has 2 aliphatic rings. The summed E-state index contributed by atoms with van der Waals surface area (Å²) in [4.78, 5) is 15.4. The van der Waals surface area contributed by atoms with Crippen molar-refractivity contribution in [1.82, 2.24) is 4.98 Å². The largest absolute Gasteiger partial charge is 0.481 e. The van der Waals surface area contributed by atoms with Crippen LogP contribution < -0.4 is 0 Å². The van der Waals surface area contributed by atoms with Crippen LogP contribution in [0, 0.1) is 23.5 Å². The zero-order valence-electron chi connectivity index (χ0n) is 16.2. The number of pyridine rings is 1. The highest BCUT2D eigenvalue weighted by Gasteiger charge is 2.42. The normalized spacial score (nSPS) is 21.4. The zero-order chi connectivity index (χ0) is 20.4. The molecule has 2 aliphatic carbocycles. The number of hydrogen-bond acceptors (Lipinski definition) is 3. The van der Waals surface area contributed by atoms with Gasteiger partial charge in [0.1, 0.15) is 16.7 Å². The number of halogens is 2. The van der Waals surface area contributed by atoms with E-state index in [1.807, 2.05) is 6.07 Å². The van der Waals surface area contributed by atoms with Crippen LogP contribution in [0.25, 0.3) is 11.1 Å². The third-order valence-corrected chi connectivity index (χ3v) is 7.40. The highest BCUT2D eigenvalue weighted by Crippen LogP contribution is 2.43. The number of thioether (sulfide) groups is 1. The van der Waals surface area contributed by atoms with Crippen LogP contribution >= 0.6 is 11.8 Å². The molecule has 1 aromatic carbocycles. The van der Waals surface area contributed by atoms with Crippen molar-refractivity contribution in [2.75, 3.05) is 0 Å². The van der Waals surface area contributed by atoms with Crippen LogP contribution in [0.5, 0.6) is 0 Å². The zero-order valence-corrected chi connectivity index (χ0v) is 17.1. The van der Waals surface area contributed by atoms with E-state index in [9.17, 15) is 13.6 Å². The molecule has 6 heteroatoms. The topological polar surface area (TPSA) is 50.2 Å². The van der Waals surface area contributed by atoms with E-state index in [0.717, 1.165) is 23.4 Å². The lowest BCUT2D eigenvalue weighted by Gasteiger charge is -2.14.